The number of nitrogens with zero attached hydrogens (tertiary/aromatic N) is 1. The average molecular weight is 298 g/mol. The van der Waals surface area contributed by atoms with Gasteiger partial charge in [0.05, 0.1) is 6.54 Å². The molecule has 19 heavy (non-hydrogen) atoms. The van der Waals surface area contributed by atoms with Crippen LogP contribution in [0.5, 0.6) is 0 Å². The number of benzene rings is 1. The second-order valence-electron chi connectivity index (χ2n) is 3.81. The van der Waals surface area contributed by atoms with Crippen LogP contribution in [0.25, 0.3) is 0 Å². The Balaban J connectivity index is 2.92. The van der Waals surface area contributed by atoms with Crippen LogP contribution in [0.3, 0.4) is 0 Å². The van der Waals surface area contributed by atoms with Crippen LogP contribution in [0.15, 0.2) is 24.3 Å². The summed E-state index contributed by atoms with van der Waals surface area (Å²) >= 11 is 5.69. The van der Waals surface area contributed by atoms with E-state index in [1.54, 1.807) is 0 Å². The van der Waals surface area contributed by atoms with Crippen LogP contribution in [0.2, 0.25) is 5.02 Å². The summed E-state index contributed by atoms with van der Waals surface area (Å²) in [7, 11) is 0. The number of hydrogen-bond donors (Lipinski definition) is 2. The van der Waals surface area contributed by atoms with Crippen molar-refractivity contribution in [3.63, 3.8) is 0 Å². The Morgan fingerprint density at radius 1 is 1.42 bits per heavy atom. The second kappa shape index (κ2) is 6.12. The highest BCUT2D eigenvalue weighted by Crippen LogP contribution is 2.24. The van der Waals surface area contributed by atoms with Crippen LogP contribution in [-0.4, -0.2) is 41.6 Å². The SMILES string of the molecule is O=C(O)CN(CC(O)C(F)(F)F)c1cccc(Cl)c1. The number of aliphatic hydroxyl groups is 1. The van der Waals surface area contributed by atoms with Crippen LogP contribution < -0.4 is 4.90 Å². The Bertz CT molecular complexity index is 453. The molecule has 1 aromatic rings. The van der Waals surface area contributed by atoms with Gasteiger partial charge in [-0.1, -0.05) is 17.7 Å². The second-order valence-corrected chi connectivity index (χ2v) is 4.25. The first kappa shape index (κ1) is 15.6. The monoisotopic (exact) mass is 297 g/mol. The van der Waals surface area contributed by atoms with Gasteiger partial charge in [0.15, 0.2) is 6.10 Å². The number of aliphatic carboxylic acids is 1. The van der Waals surface area contributed by atoms with Crippen LogP contribution in [0.4, 0.5) is 18.9 Å². The van der Waals surface area contributed by atoms with Gasteiger partial charge in [-0.15, -0.1) is 0 Å². The lowest BCUT2D eigenvalue weighted by atomic mass is 10.2. The number of alkyl halides is 3. The molecule has 0 amide bonds. The van der Waals surface area contributed by atoms with Crippen molar-refractivity contribution in [3.05, 3.63) is 29.3 Å². The van der Waals surface area contributed by atoms with Crippen molar-refractivity contribution in [1.82, 2.24) is 0 Å². The molecule has 1 rings (SSSR count). The molecule has 1 aromatic carbocycles. The Morgan fingerprint density at radius 3 is 2.53 bits per heavy atom. The lowest BCUT2D eigenvalue weighted by molar-refractivity contribution is -0.200. The van der Waals surface area contributed by atoms with E-state index < -0.39 is 31.3 Å². The van der Waals surface area contributed by atoms with Gasteiger partial charge in [-0.3, -0.25) is 4.79 Å². The number of anilines is 1. The van der Waals surface area contributed by atoms with E-state index >= 15 is 0 Å². The maximum absolute atomic E-state index is 12.3. The van der Waals surface area contributed by atoms with Crippen molar-refractivity contribution in [3.8, 4) is 0 Å². The maximum Gasteiger partial charge on any atom is 0.416 e. The van der Waals surface area contributed by atoms with Gasteiger partial charge in [-0.25, -0.2) is 0 Å². The largest absolute Gasteiger partial charge is 0.480 e. The van der Waals surface area contributed by atoms with Crippen LogP contribution >= 0.6 is 11.6 Å². The molecule has 106 valence electrons. The average Bonchev–Trinajstić information content (AvgIpc) is 2.26. The van der Waals surface area contributed by atoms with Crippen molar-refractivity contribution in [2.45, 2.75) is 12.3 Å². The van der Waals surface area contributed by atoms with Gasteiger partial charge >= 0.3 is 12.1 Å². The number of rotatable bonds is 5. The van der Waals surface area contributed by atoms with Crippen LogP contribution in [0.1, 0.15) is 0 Å². The number of carboxylic acids is 1. The van der Waals surface area contributed by atoms with E-state index in [0.29, 0.717) is 0 Å². The maximum atomic E-state index is 12.3. The molecular weight excluding hydrogens is 287 g/mol. The molecule has 0 saturated heterocycles. The third-order valence-corrected chi connectivity index (χ3v) is 2.51. The quantitative estimate of drug-likeness (QED) is 0.874. The summed E-state index contributed by atoms with van der Waals surface area (Å²) < 4.78 is 36.9. The molecule has 0 aromatic heterocycles. The normalized spacial score (nSPS) is 13.1. The summed E-state index contributed by atoms with van der Waals surface area (Å²) in [5.74, 6) is -1.31. The minimum Gasteiger partial charge on any atom is -0.480 e. The first-order valence-electron chi connectivity index (χ1n) is 5.17. The minimum absolute atomic E-state index is 0.193. The van der Waals surface area contributed by atoms with E-state index in [2.05, 4.69) is 0 Å². The first-order chi connectivity index (χ1) is 8.70. The first-order valence-corrected chi connectivity index (χ1v) is 5.55. The number of aliphatic hydroxyl groups excluding tert-OH is 1. The van der Waals surface area contributed by atoms with Gasteiger partial charge in [0, 0.05) is 10.7 Å². The van der Waals surface area contributed by atoms with Gasteiger partial charge in [-0.05, 0) is 18.2 Å². The topological polar surface area (TPSA) is 60.8 Å². The molecule has 8 heteroatoms. The highest BCUT2D eigenvalue weighted by Gasteiger charge is 2.39. The molecular formula is C11H11ClF3NO3. The van der Waals surface area contributed by atoms with Crippen molar-refractivity contribution in [2.24, 2.45) is 0 Å². The molecule has 0 aliphatic rings. The number of carboxylic acid groups (broad SMARTS) is 1. The zero-order chi connectivity index (χ0) is 14.6. The number of carbonyl (C=O) groups is 1. The molecule has 0 aliphatic carbocycles. The summed E-state index contributed by atoms with van der Waals surface area (Å²) in [5.41, 5.74) is 0.193. The molecule has 0 bridgehead atoms. The van der Waals surface area contributed by atoms with Gasteiger partial charge in [-0.2, -0.15) is 13.2 Å². The molecule has 0 radical (unpaired) electrons. The molecule has 0 aliphatic heterocycles. The van der Waals surface area contributed by atoms with E-state index in [-0.39, 0.29) is 10.7 Å². The number of halogens is 4. The summed E-state index contributed by atoms with van der Waals surface area (Å²) in [6, 6.07) is 5.72. The molecule has 0 saturated carbocycles. The highest BCUT2D eigenvalue weighted by molar-refractivity contribution is 6.30. The van der Waals surface area contributed by atoms with E-state index in [1.165, 1.54) is 24.3 Å². The third-order valence-electron chi connectivity index (χ3n) is 2.27. The third kappa shape index (κ3) is 4.96. The molecule has 1 unspecified atom stereocenters. The summed E-state index contributed by atoms with van der Waals surface area (Å²) in [5, 5.41) is 18.0. The lowest BCUT2D eigenvalue weighted by Crippen LogP contribution is -2.43. The predicted octanol–water partition coefficient (Wildman–Crippen LogP) is 2.15. The molecule has 4 nitrogen and oxygen atoms in total. The fraction of sp³-hybridized carbons (Fsp3) is 0.364. The van der Waals surface area contributed by atoms with Crippen molar-refractivity contribution < 1.29 is 28.2 Å². The van der Waals surface area contributed by atoms with Gasteiger partial charge in [0.1, 0.15) is 6.54 Å². The minimum atomic E-state index is -4.81. The van der Waals surface area contributed by atoms with Crippen molar-refractivity contribution in [1.29, 1.82) is 0 Å². The standard InChI is InChI=1S/C11H11ClF3NO3/c12-7-2-1-3-8(4-7)16(6-10(18)19)5-9(17)11(13,14)15/h1-4,9,17H,5-6H2,(H,18,19). The van der Waals surface area contributed by atoms with E-state index in [0.717, 1.165) is 4.90 Å². The fourth-order valence-corrected chi connectivity index (χ4v) is 1.59. The Morgan fingerprint density at radius 2 is 2.05 bits per heavy atom. The Hall–Kier alpha value is -1.47. The van der Waals surface area contributed by atoms with E-state index in [4.69, 9.17) is 21.8 Å². The van der Waals surface area contributed by atoms with Gasteiger partial charge in [0.25, 0.3) is 0 Å². The molecule has 0 heterocycles. The van der Waals surface area contributed by atoms with Crippen LogP contribution in [0, 0.1) is 0 Å². The van der Waals surface area contributed by atoms with Gasteiger partial charge < -0.3 is 15.1 Å². The lowest BCUT2D eigenvalue weighted by Gasteiger charge is -2.26. The smallest absolute Gasteiger partial charge is 0.416 e. The zero-order valence-corrected chi connectivity index (χ0v) is 10.3. The molecule has 1 atom stereocenters. The van der Waals surface area contributed by atoms with E-state index in [1.807, 2.05) is 0 Å². The van der Waals surface area contributed by atoms with Crippen molar-refractivity contribution in [2.75, 3.05) is 18.0 Å². The molecule has 2 N–H and O–H groups in total. The van der Waals surface area contributed by atoms with E-state index in [9.17, 15) is 18.0 Å². The van der Waals surface area contributed by atoms with Gasteiger partial charge in [0.2, 0.25) is 0 Å². The van der Waals surface area contributed by atoms with Crippen LogP contribution in [-0.2, 0) is 4.79 Å². The highest BCUT2D eigenvalue weighted by atomic mass is 35.5. The zero-order valence-electron chi connectivity index (χ0n) is 9.56. The molecule has 0 spiro atoms. The Kier molecular flexibility index (Phi) is 5.02. The summed E-state index contributed by atoms with van der Waals surface area (Å²) in [6.45, 7) is -1.55. The Labute approximate surface area is 112 Å². The number of hydrogen-bond acceptors (Lipinski definition) is 3. The van der Waals surface area contributed by atoms with Crippen molar-refractivity contribution >= 4 is 23.3 Å². The predicted molar refractivity (Wildman–Crippen MR) is 63.4 cm³/mol. The summed E-state index contributed by atoms with van der Waals surface area (Å²) in [6.07, 6.45) is -7.44. The molecule has 0 fully saturated rings. The fourth-order valence-electron chi connectivity index (χ4n) is 1.41. The summed E-state index contributed by atoms with van der Waals surface area (Å²) in [4.78, 5) is 11.6.